The topological polar surface area (TPSA) is 85.2 Å². The Morgan fingerprint density at radius 3 is 3.00 bits per heavy atom. The van der Waals surface area contributed by atoms with Crippen LogP contribution in [0.4, 0.5) is 0 Å². The standard InChI is InChI=1S/C13H24N4O3S/c1-3-14-6-7-17-10-12(9-15-17)21(18,19)16-11-13(2)5-4-8-20-13/h9-10,14,16H,3-8,11H2,1-2H3. The molecule has 1 aliphatic heterocycles. The molecule has 0 aromatic carbocycles. The fourth-order valence-corrected chi connectivity index (χ4v) is 3.39. The van der Waals surface area contributed by atoms with Crippen molar-refractivity contribution in [3.05, 3.63) is 12.4 Å². The largest absolute Gasteiger partial charge is 0.374 e. The molecule has 0 spiro atoms. The maximum Gasteiger partial charge on any atom is 0.243 e. The van der Waals surface area contributed by atoms with Gasteiger partial charge in [0, 0.05) is 25.9 Å². The number of nitrogens with zero attached hydrogens (tertiary/aromatic N) is 2. The number of likely N-dealkylation sites (N-methyl/N-ethyl adjacent to an activating group) is 1. The summed E-state index contributed by atoms with van der Waals surface area (Å²) in [5.41, 5.74) is -0.395. The average molecular weight is 316 g/mol. The third-order valence-corrected chi connectivity index (χ3v) is 4.98. The van der Waals surface area contributed by atoms with E-state index in [1.54, 1.807) is 10.9 Å². The van der Waals surface area contributed by atoms with Crippen LogP contribution in [0.1, 0.15) is 26.7 Å². The minimum Gasteiger partial charge on any atom is -0.374 e. The molecule has 1 aliphatic rings. The fourth-order valence-electron chi connectivity index (χ4n) is 2.28. The molecule has 0 saturated carbocycles. The smallest absolute Gasteiger partial charge is 0.243 e. The van der Waals surface area contributed by atoms with Gasteiger partial charge in [-0.1, -0.05) is 6.92 Å². The van der Waals surface area contributed by atoms with Crippen LogP contribution in [0, 0.1) is 0 Å². The SMILES string of the molecule is CCNCCn1cc(S(=O)(=O)NCC2(C)CCCO2)cn1. The Morgan fingerprint density at radius 2 is 2.33 bits per heavy atom. The molecular weight excluding hydrogens is 292 g/mol. The molecule has 1 aromatic heterocycles. The highest BCUT2D eigenvalue weighted by molar-refractivity contribution is 7.89. The predicted octanol–water partition coefficient (Wildman–Crippen LogP) is 0.340. The second-order valence-electron chi connectivity index (χ2n) is 5.52. The van der Waals surface area contributed by atoms with Crippen molar-refractivity contribution in [1.29, 1.82) is 0 Å². The molecule has 2 rings (SSSR count). The summed E-state index contributed by atoms with van der Waals surface area (Å²) in [7, 11) is -3.53. The van der Waals surface area contributed by atoms with Gasteiger partial charge in [-0.3, -0.25) is 4.68 Å². The van der Waals surface area contributed by atoms with Crippen LogP contribution in [0.3, 0.4) is 0 Å². The van der Waals surface area contributed by atoms with Gasteiger partial charge in [-0.2, -0.15) is 5.10 Å². The van der Waals surface area contributed by atoms with Crippen molar-refractivity contribution in [1.82, 2.24) is 19.8 Å². The quantitative estimate of drug-likeness (QED) is 0.676. The highest BCUT2D eigenvalue weighted by Gasteiger charge is 2.31. The van der Waals surface area contributed by atoms with Crippen molar-refractivity contribution >= 4 is 10.0 Å². The molecule has 1 saturated heterocycles. The van der Waals surface area contributed by atoms with Gasteiger partial charge in [0.2, 0.25) is 10.0 Å². The Hall–Kier alpha value is -0.960. The lowest BCUT2D eigenvalue weighted by Gasteiger charge is -2.22. The monoisotopic (exact) mass is 316 g/mol. The number of ether oxygens (including phenoxy) is 1. The summed E-state index contributed by atoms with van der Waals surface area (Å²) in [6, 6.07) is 0. The Balaban J connectivity index is 1.92. The highest BCUT2D eigenvalue weighted by Crippen LogP contribution is 2.24. The molecule has 2 heterocycles. The summed E-state index contributed by atoms with van der Waals surface area (Å²) in [6.07, 6.45) is 4.78. The van der Waals surface area contributed by atoms with Gasteiger partial charge < -0.3 is 10.1 Å². The maximum absolute atomic E-state index is 12.2. The van der Waals surface area contributed by atoms with Crippen molar-refractivity contribution in [2.45, 2.75) is 43.7 Å². The van der Waals surface area contributed by atoms with Crippen LogP contribution in [0.25, 0.3) is 0 Å². The average Bonchev–Trinajstić information content (AvgIpc) is 3.07. The van der Waals surface area contributed by atoms with Crippen LogP contribution in [-0.2, 0) is 21.3 Å². The van der Waals surface area contributed by atoms with Gasteiger partial charge in [-0.15, -0.1) is 0 Å². The summed E-state index contributed by atoms with van der Waals surface area (Å²) in [5, 5.41) is 7.25. The minimum absolute atomic E-state index is 0.195. The molecule has 0 bridgehead atoms. The second kappa shape index (κ2) is 6.87. The van der Waals surface area contributed by atoms with Crippen molar-refractivity contribution in [3.63, 3.8) is 0 Å². The van der Waals surface area contributed by atoms with Gasteiger partial charge in [0.15, 0.2) is 0 Å². The zero-order chi connectivity index (χ0) is 15.3. The van der Waals surface area contributed by atoms with Crippen LogP contribution in [0.5, 0.6) is 0 Å². The molecule has 2 N–H and O–H groups in total. The molecule has 8 heteroatoms. The minimum atomic E-state index is -3.53. The zero-order valence-electron chi connectivity index (χ0n) is 12.6. The van der Waals surface area contributed by atoms with Gasteiger partial charge in [-0.05, 0) is 26.3 Å². The first-order chi connectivity index (χ1) is 9.95. The first kappa shape index (κ1) is 16.4. The van der Waals surface area contributed by atoms with E-state index in [0.717, 1.165) is 25.9 Å². The van der Waals surface area contributed by atoms with E-state index in [1.807, 2.05) is 13.8 Å². The third kappa shape index (κ3) is 4.50. The van der Waals surface area contributed by atoms with Crippen LogP contribution < -0.4 is 10.0 Å². The predicted molar refractivity (Wildman–Crippen MR) is 79.6 cm³/mol. The van der Waals surface area contributed by atoms with Gasteiger partial charge >= 0.3 is 0 Å². The molecule has 1 atom stereocenters. The number of hydrogen-bond donors (Lipinski definition) is 2. The van der Waals surface area contributed by atoms with Crippen molar-refractivity contribution in [2.24, 2.45) is 0 Å². The number of aromatic nitrogens is 2. The van der Waals surface area contributed by atoms with E-state index in [1.165, 1.54) is 6.20 Å². The van der Waals surface area contributed by atoms with E-state index in [4.69, 9.17) is 4.74 Å². The van der Waals surface area contributed by atoms with Crippen molar-refractivity contribution < 1.29 is 13.2 Å². The molecule has 1 unspecified atom stereocenters. The molecule has 21 heavy (non-hydrogen) atoms. The number of nitrogens with one attached hydrogen (secondary N) is 2. The highest BCUT2D eigenvalue weighted by atomic mass is 32.2. The van der Waals surface area contributed by atoms with Gasteiger partial charge in [0.1, 0.15) is 4.90 Å². The molecule has 1 aromatic rings. The maximum atomic E-state index is 12.2. The molecule has 7 nitrogen and oxygen atoms in total. The third-order valence-electron chi connectivity index (χ3n) is 3.62. The van der Waals surface area contributed by atoms with E-state index in [9.17, 15) is 8.42 Å². The van der Waals surface area contributed by atoms with Crippen LogP contribution in [-0.4, -0.2) is 50.0 Å². The molecule has 0 amide bonds. The summed E-state index contributed by atoms with van der Waals surface area (Å²) in [5.74, 6) is 0. The molecule has 1 fully saturated rings. The molecule has 120 valence electrons. The first-order valence-corrected chi connectivity index (χ1v) is 8.80. The lowest BCUT2D eigenvalue weighted by Crippen LogP contribution is -2.40. The Kier molecular flexibility index (Phi) is 5.37. The van der Waals surface area contributed by atoms with Gasteiger partial charge in [-0.25, -0.2) is 13.1 Å². The lowest BCUT2D eigenvalue weighted by molar-refractivity contribution is 0.0250. The van der Waals surface area contributed by atoms with Crippen LogP contribution in [0.2, 0.25) is 0 Å². The van der Waals surface area contributed by atoms with E-state index >= 15 is 0 Å². The summed E-state index contributed by atoms with van der Waals surface area (Å²) in [6.45, 7) is 7.23. The van der Waals surface area contributed by atoms with Crippen molar-refractivity contribution in [3.8, 4) is 0 Å². The normalized spacial score (nSPS) is 22.8. The van der Waals surface area contributed by atoms with Crippen LogP contribution >= 0.6 is 0 Å². The Labute approximate surface area is 126 Å². The number of sulfonamides is 1. The number of hydrogen-bond acceptors (Lipinski definition) is 5. The lowest BCUT2D eigenvalue weighted by atomic mass is 10.0. The molecule has 0 aliphatic carbocycles. The zero-order valence-corrected chi connectivity index (χ0v) is 13.4. The Bertz CT molecular complexity index is 550. The first-order valence-electron chi connectivity index (χ1n) is 7.32. The van der Waals surface area contributed by atoms with Crippen molar-refractivity contribution in [2.75, 3.05) is 26.2 Å². The Morgan fingerprint density at radius 1 is 1.52 bits per heavy atom. The van der Waals surface area contributed by atoms with Gasteiger partial charge in [0.25, 0.3) is 0 Å². The summed E-state index contributed by atoms with van der Waals surface area (Å²) >= 11 is 0. The molecular formula is C13H24N4O3S. The van der Waals surface area contributed by atoms with E-state index in [0.29, 0.717) is 13.2 Å². The van der Waals surface area contributed by atoms with E-state index in [2.05, 4.69) is 15.1 Å². The van der Waals surface area contributed by atoms with Gasteiger partial charge in [0.05, 0.1) is 18.3 Å². The number of rotatable bonds is 8. The van der Waals surface area contributed by atoms with E-state index < -0.39 is 15.6 Å². The van der Waals surface area contributed by atoms with Crippen LogP contribution in [0.15, 0.2) is 17.3 Å². The molecule has 0 radical (unpaired) electrons. The fraction of sp³-hybridized carbons (Fsp3) is 0.769. The second-order valence-corrected chi connectivity index (χ2v) is 7.29. The van der Waals surface area contributed by atoms with E-state index in [-0.39, 0.29) is 11.4 Å². The summed E-state index contributed by atoms with van der Waals surface area (Å²) < 4.78 is 34.3. The summed E-state index contributed by atoms with van der Waals surface area (Å²) in [4.78, 5) is 0.195.